The lowest BCUT2D eigenvalue weighted by atomic mass is 10.1. The summed E-state index contributed by atoms with van der Waals surface area (Å²) in [5.74, 6) is 5.58. The van der Waals surface area contributed by atoms with Crippen LogP contribution < -0.4 is 11.3 Å². The minimum Gasteiger partial charge on any atom is -0.271 e. The molecule has 2 heterocycles. The highest BCUT2D eigenvalue weighted by Crippen LogP contribution is 2.28. The molecule has 0 aliphatic carbocycles. The number of hydrogen-bond acceptors (Lipinski definition) is 5. The van der Waals surface area contributed by atoms with Gasteiger partial charge in [-0.05, 0) is 34.3 Å². The van der Waals surface area contributed by atoms with Crippen LogP contribution in [-0.2, 0) is 6.42 Å². The van der Waals surface area contributed by atoms with Crippen LogP contribution in [0.1, 0.15) is 21.6 Å². The number of thiophene rings is 1. The van der Waals surface area contributed by atoms with Gasteiger partial charge in [0.05, 0.1) is 16.7 Å². The number of nitrogens with zero attached hydrogens (tertiary/aromatic N) is 1. The Hall–Kier alpha value is -0.270. The number of hydrazine groups is 1. The van der Waals surface area contributed by atoms with Crippen molar-refractivity contribution in [2.45, 2.75) is 19.4 Å². The van der Waals surface area contributed by atoms with E-state index in [9.17, 15) is 0 Å². The topological polar surface area (TPSA) is 50.9 Å². The van der Waals surface area contributed by atoms with E-state index < -0.39 is 0 Å². The second kappa shape index (κ2) is 5.37. The Morgan fingerprint density at radius 3 is 2.88 bits per heavy atom. The van der Waals surface area contributed by atoms with Crippen LogP contribution >= 0.6 is 38.6 Å². The molecule has 1 unspecified atom stereocenters. The molecule has 0 spiro atoms. The van der Waals surface area contributed by atoms with Crippen LogP contribution in [0.2, 0.25) is 0 Å². The molecule has 6 heteroatoms. The molecule has 3 N–H and O–H groups in total. The first-order chi connectivity index (χ1) is 7.70. The van der Waals surface area contributed by atoms with Crippen molar-refractivity contribution in [1.82, 2.24) is 10.4 Å². The van der Waals surface area contributed by atoms with Crippen LogP contribution in [0.5, 0.6) is 0 Å². The number of rotatable bonds is 4. The Morgan fingerprint density at radius 1 is 1.56 bits per heavy atom. The zero-order valence-electron chi connectivity index (χ0n) is 8.74. The van der Waals surface area contributed by atoms with Crippen molar-refractivity contribution in [3.63, 3.8) is 0 Å². The summed E-state index contributed by atoms with van der Waals surface area (Å²) in [5.41, 5.74) is 3.85. The SMILES string of the molecule is Cc1nc(C(Cc2sccc2Br)NN)cs1. The summed E-state index contributed by atoms with van der Waals surface area (Å²) in [6.07, 6.45) is 0.859. The Bertz CT molecular complexity index is 466. The monoisotopic (exact) mass is 317 g/mol. The van der Waals surface area contributed by atoms with Crippen molar-refractivity contribution in [1.29, 1.82) is 0 Å². The molecule has 0 bridgehead atoms. The number of hydrogen-bond donors (Lipinski definition) is 2. The lowest BCUT2D eigenvalue weighted by Gasteiger charge is -2.12. The van der Waals surface area contributed by atoms with Gasteiger partial charge in [0.15, 0.2) is 0 Å². The fourth-order valence-electron chi connectivity index (χ4n) is 1.45. The molecular formula is C10H12BrN3S2. The maximum Gasteiger partial charge on any atom is 0.0898 e. The van der Waals surface area contributed by atoms with E-state index >= 15 is 0 Å². The largest absolute Gasteiger partial charge is 0.271 e. The summed E-state index contributed by atoms with van der Waals surface area (Å²) in [4.78, 5) is 5.74. The van der Waals surface area contributed by atoms with Gasteiger partial charge >= 0.3 is 0 Å². The van der Waals surface area contributed by atoms with E-state index in [1.807, 2.05) is 6.92 Å². The molecule has 0 aromatic carbocycles. The van der Waals surface area contributed by atoms with Crippen molar-refractivity contribution < 1.29 is 0 Å². The fraction of sp³-hybridized carbons (Fsp3) is 0.300. The summed E-state index contributed by atoms with van der Waals surface area (Å²) < 4.78 is 1.14. The quantitative estimate of drug-likeness (QED) is 0.673. The molecule has 1 atom stereocenters. The molecule has 2 rings (SSSR count). The van der Waals surface area contributed by atoms with Gasteiger partial charge in [0.25, 0.3) is 0 Å². The van der Waals surface area contributed by atoms with Gasteiger partial charge in [0.1, 0.15) is 0 Å². The number of nitrogens with one attached hydrogen (secondary N) is 1. The number of halogens is 1. The van der Waals surface area contributed by atoms with Gasteiger partial charge in [-0.2, -0.15) is 0 Å². The van der Waals surface area contributed by atoms with Gasteiger partial charge in [-0.15, -0.1) is 22.7 Å². The molecule has 0 saturated carbocycles. The minimum atomic E-state index is 0.0832. The van der Waals surface area contributed by atoms with Crippen LogP contribution in [0.15, 0.2) is 21.3 Å². The van der Waals surface area contributed by atoms with Gasteiger partial charge in [-0.25, -0.2) is 4.98 Å². The smallest absolute Gasteiger partial charge is 0.0898 e. The van der Waals surface area contributed by atoms with E-state index in [1.54, 1.807) is 22.7 Å². The van der Waals surface area contributed by atoms with E-state index in [0.717, 1.165) is 21.6 Å². The third-order valence-electron chi connectivity index (χ3n) is 2.28. The van der Waals surface area contributed by atoms with Crippen molar-refractivity contribution in [3.8, 4) is 0 Å². The second-order valence-corrected chi connectivity index (χ2v) is 6.32. The van der Waals surface area contributed by atoms with Crippen LogP contribution in [-0.4, -0.2) is 4.98 Å². The molecular weight excluding hydrogens is 306 g/mol. The summed E-state index contributed by atoms with van der Waals surface area (Å²) in [6, 6.07) is 2.14. The van der Waals surface area contributed by atoms with Crippen LogP contribution in [0, 0.1) is 6.92 Å². The van der Waals surface area contributed by atoms with Crippen LogP contribution in [0.25, 0.3) is 0 Å². The third kappa shape index (κ3) is 2.70. The molecule has 2 aromatic heterocycles. The van der Waals surface area contributed by atoms with Gasteiger partial charge < -0.3 is 0 Å². The highest BCUT2D eigenvalue weighted by Gasteiger charge is 2.15. The predicted octanol–water partition coefficient (Wildman–Crippen LogP) is 3.02. The molecule has 0 aliphatic rings. The third-order valence-corrected chi connectivity index (χ3v) is 5.02. The second-order valence-electron chi connectivity index (χ2n) is 3.41. The van der Waals surface area contributed by atoms with Crippen molar-refractivity contribution in [3.05, 3.63) is 36.9 Å². The maximum atomic E-state index is 5.58. The van der Waals surface area contributed by atoms with E-state index in [4.69, 9.17) is 5.84 Å². The zero-order chi connectivity index (χ0) is 11.5. The van der Waals surface area contributed by atoms with Crippen LogP contribution in [0.4, 0.5) is 0 Å². The van der Waals surface area contributed by atoms with E-state index in [0.29, 0.717) is 0 Å². The highest BCUT2D eigenvalue weighted by molar-refractivity contribution is 9.10. The molecule has 0 saturated heterocycles. The lowest BCUT2D eigenvalue weighted by molar-refractivity contribution is 0.543. The molecule has 16 heavy (non-hydrogen) atoms. The van der Waals surface area contributed by atoms with Gasteiger partial charge in [-0.3, -0.25) is 11.3 Å². The summed E-state index contributed by atoms with van der Waals surface area (Å²) >= 11 is 6.90. The van der Waals surface area contributed by atoms with Crippen LogP contribution in [0.3, 0.4) is 0 Å². The van der Waals surface area contributed by atoms with Gasteiger partial charge in [0.2, 0.25) is 0 Å². The molecule has 86 valence electrons. The first kappa shape index (κ1) is 12.2. The number of thiazole rings is 1. The highest BCUT2D eigenvalue weighted by atomic mass is 79.9. The van der Waals surface area contributed by atoms with Crippen molar-refractivity contribution >= 4 is 38.6 Å². The molecule has 0 aliphatic heterocycles. The predicted molar refractivity (Wildman–Crippen MR) is 72.6 cm³/mol. The average Bonchev–Trinajstić information content (AvgIpc) is 2.85. The van der Waals surface area contributed by atoms with Crippen molar-refractivity contribution in [2.75, 3.05) is 0 Å². The summed E-state index contributed by atoms with van der Waals surface area (Å²) in [7, 11) is 0. The molecule has 0 amide bonds. The Balaban J connectivity index is 2.15. The minimum absolute atomic E-state index is 0.0832. The number of aromatic nitrogens is 1. The zero-order valence-corrected chi connectivity index (χ0v) is 12.0. The normalized spacial score (nSPS) is 12.9. The Kier molecular flexibility index (Phi) is 4.10. The first-order valence-electron chi connectivity index (χ1n) is 4.80. The fourth-order valence-corrected chi connectivity index (χ4v) is 3.67. The molecule has 0 fully saturated rings. The summed E-state index contributed by atoms with van der Waals surface area (Å²) in [5, 5.41) is 5.20. The first-order valence-corrected chi connectivity index (χ1v) is 7.36. The number of aryl methyl sites for hydroxylation is 1. The van der Waals surface area contributed by atoms with E-state index in [2.05, 4.69) is 43.2 Å². The number of nitrogens with two attached hydrogens (primary N) is 1. The van der Waals surface area contributed by atoms with E-state index in [1.165, 1.54) is 4.88 Å². The Labute approximate surface area is 111 Å². The van der Waals surface area contributed by atoms with Gasteiger partial charge in [-0.1, -0.05) is 0 Å². The molecule has 2 aromatic rings. The Morgan fingerprint density at radius 2 is 2.38 bits per heavy atom. The average molecular weight is 318 g/mol. The van der Waals surface area contributed by atoms with E-state index in [-0.39, 0.29) is 6.04 Å². The van der Waals surface area contributed by atoms with Gasteiger partial charge in [0, 0.05) is 21.2 Å². The molecule has 3 nitrogen and oxygen atoms in total. The maximum absolute atomic E-state index is 5.58. The molecule has 0 radical (unpaired) electrons. The lowest BCUT2D eigenvalue weighted by Crippen LogP contribution is -2.29. The summed E-state index contributed by atoms with van der Waals surface area (Å²) in [6.45, 7) is 2.00. The standard InChI is InChI=1S/C10H12BrN3S2/c1-6-13-9(5-16-6)8(14-12)4-10-7(11)2-3-15-10/h2-3,5,8,14H,4,12H2,1H3. The van der Waals surface area contributed by atoms with Crippen molar-refractivity contribution in [2.24, 2.45) is 5.84 Å².